The highest BCUT2D eigenvalue weighted by Gasteiger charge is 1.93. The van der Waals surface area contributed by atoms with Crippen LogP contribution >= 0.6 is 0 Å². The van der Waals surface area contributed by atoms with Gasteiger partial charge in [-0.05, 0) is 18.4 Å². The Bertz CT molecular complexity index is 204. The van der Waals surface area contributed by atoms with Crippen molar-refractivity contribution in [3.63, 3.8) is 0 Å². The molecule has 1 aromatic rings. The van der Waals surface area contributed by atoms with E-state index in [2.05, 4.69) is 25.2 Å². The first-order chi connectivity index (χ1) is 5.79. The fourth-order valence-corrected chi connectivity index (χ4v) is 0.999. The summed E-state index contributed by atoms with van der Waals surface area (Å²) in [6, 6.07) is 11.1. The van der Waals surface area contributed by atoms with Crippen LogP contribution in [0.15, 0.2) is 24.3 Å². The molecule has 1 nitrogen and oxygen atoms in total. The summed E-state index contributed by atoms with van der Waals surface area (Å²) in [5.74, 6) is 0.765. The molecule has 0 spiro atoms. The standard InChI is InChI=1S/C11H16N/c1-10(2)8-9-12-11-6-4-3-5-7-11/h3-6,10,12H,8-9H2,1-2H3. The molecule has 1 rings (SSSR count). The molecule has 0 aliphatic carbocycles. The van der Waals surface area contributed by atoms with Crippen molar-refractivity contribution in [3.8, 4) is 0 Å². The highest BCUT2D eigenvalue weighted by molar-refractivity contribution is 5.40. The average Bonchev–Trinajstić information content (AvgIpc) is 2.05. The first-order valence-corrected chi connectivity index (χ1v) is 4.49. The Hall–Kier alpha value is -0.980. The summed E-state index contributed by atoms with van der Waals surface area (Å²) in [5, 5.41) is 3.32. The van der Waals surface area contributed by atoms with E-state index in [-0.39, 0.29) is 0 Å². The molecule has 0 saturated heterocycles. The van der Waals surface area contributed by atoms with Crippen LogP contribution in [0, 0.1) is 12.0 Å². The van der Waals surface area contributed by atoms with Gasteiger partial charge in [-0.1, -0.05) is 32.0 Å². The van der Waals surface area contributed by atoms with Gasteiger partial charge < -0.3 is 5.32 Å². The van der Waals surface area contributed by atoms with Crippen molar-refractivity contribution in [2.45, 2.75) is 20.3 Å². The van der Waals surface area contributed by atoms with Gasteiger partial charge in [-0.3, -0.25) is 0 Å². The monoisotopic (exact) mass is 162 g/mol. The minimum absolute atomic E-state index is 0.765. The molecule has 0 aliphatic heterocycles. The van der Waals surface area contributed by atoms with Crippen LogP contribution in [0.3, 0.4) is 0 Å². The number of rotatable bonds is 4. The summed E-state index contributed by atoms with van der Waals surface area (Å²) in [6.45, 7) is 5.50. The van der Waals surface area contributed by atoms with Crippen molar-refractivity contribution in [2.75, 3.05) is 11.9 Å². The van der Waals surface area contributed by atoms with Gasteiger partial charge >= 0.3 is 0 Å². The van der Waals surface area contributed by atoms with Crippen molar-refractivity contribution < 1.29 is 0 Å². The first kappa shape index (κ1) is 9.11. The van der Waals surface area contributed by atoms with Crippen molar-refractivity contribution in [1.29, 1.82) is 0 Å². The second-order valence-corrected chi connectivity index (χ2v) is 3.39. The zero-order chi connectivity index (χ0) is 8.81. The van der Waals surface area contributed by atoms with Crippen molar-refractivity contribution in [3.05, 3.63) is 30.3 Å². The predicted octanol–water partition coefficient (Wildman–Crippen LogP) is 2.94. The summed E-state index contributed by atoms with van der Waals surface area (Å²) in [4.78, 5) is 0. The maximum atomic E-state index is 3.32. The summed E-state index contributed by atoms with van der Waals surface area (Å²) in [5.41, 5.74) is 1.10. The van der Waals surface area contributed by atoms with E-state index in [4.69, 9.17) is 0 Å². The molecule has 0 atom stereocenters. The van der Waals surface area contributed by atoms with Crippen LogP contribution < -0.4 is 5.32 Å². The SMILES string of the molecule is CC(C)CCNc1[c]cccc1. The molecule has 0 bridgehead atoms. The molecular formula is C11H16N. The van der Waals surface area contributed by atoms with E-state index in [9.17, 15) is 0 Å². The Labute approximate surface area is 74.8 Å². The van der Waals surface area contributed by atoms with Gasteiger partial charge in [-0.25, -0.2) is 0 Å². The number of nitrogens with one attached hydrogen (secondary N) is 1. The van der Waals surface area contributed by atoms with E-state index in [1.807, 2.05) is 24.3 Å². The second kappa shape index (κ2) is 4.81. The van der Waals surface area contributed by atoms with Crippen LogP contribution in [0.2, 0.25) is 0 Å². The highest BCUT2D eigenvalue weighted by atomic mass is 14.9. The summed E-state index contributed by atoms with van der Waals surface area (Å²) in [7, 11) is 0. The summed E-state index contributed by atoms with van der Waals surface area (Å²) >= 11 is 0. The fourth-order valence-electron chi connectivity index (χ4n) is 0.999. The first-order valence-electron chi connectivity index (χ1n) is 4.49. The smallest absolute Gasteiger partial charge is 0.0420 e. The predicted molar refractivity (Wildman–Crippen MR) is 53.2 cm³/mol. The Morgan fingerprint density at radius 1 is 1.42 bits per heavy atom. The Kier molecular flexibility index (Phi) is 3.65. The third-order valence-electron chi connectivity index (χ3n) is 1.75. The van der Waals surface area contributed by atoms with Gasteiger partial charge in [-0.2, -0.15) is 0 Å². The minimum atomic E-state index is 0.765. The van der Waals surface area contributed by atoms with Gasteiger partial charge in [0.1, 0.15) is 0 Å². The van der Waals surface area contributed by atoms with Crippen LogP contribution in [0.4, 0.5) is 5.69 Å². The molecule has 0 aromatic heterocycles. The summed E-state index contributed by atoms with van der Waals surface area (Å²) in [6.07, 6.45) is 1.21. The van der Waals surface area contributed by atoms with Crippen molar-refractivity contribution >= 4 is 5.69 Å². The maximum Gasteiger partial charge on any atom is 0.0420 e. The quantitative estimate of drug-likeness (QED) is 0.717. The largest absolute Gasteiger partial charge is 0.385 e. The Morgan fingerprint density at radius 3 is 2.83 bits per heavy atom. The van der Waals surface area contributed by atoms with Gasteiger partial charge in [0, 0.05) is 18.3 Å². The number of hydrogen-bond acceptors (Lipinski definition) is 1. The number of hydrogen-bond donors (Lipinski definition) is 1. The van der Waals surface area contributed by atoms with Crippen LogP contribution in [0.1, 0.15) is 20.3 Å². The third kappa shape index (κ3) is 3.42. The number of anilines is 1. The minimum Gasteiger partial charge on any atom is -0.385 e. The van der Waals surface area contributed by atoms with Crippen LogP contribution in [-0.4, -0.2) is 6.54 Å². The zero-order valence-electron chi connectivity index (χ0n) is 7.80. The van der Waals surface area contributed by atoms with E-state index < -0.39 is 0 Å². The molecule has 0 fully saturated rings. The lowest BCUT2D eigenvalue weighted by Gasteiger charge is -2.07. The summed E-state index contributed by atoms with van der Waals surface area (Å²) < 4.78 is 0. The fraction of sp³-hybridized carbons (Fsp3) is 0.455. The molecule has 65 valence electrons. The molecule has 1 N–H and O–H groups in total. The van der Waals surface area contributed by atoms with E-state index >= 15 is 0 Å². The van der Waals surface area contributed by atoms with E-state index in [0.717, 1.165) is 18.2 Å². The lowest BCUT2D eigenvalue weighted by atomic mass is 10.1. The van der Waals surface area contributed by atoms with E-state index in [0.29, 0.717) is 0 Å². The van der Waals surface area contributed by atoms with E-state index in [1.54, 1.807) is 0 Å². The van der Waals surface area contributed by atoms with Gasteiger partial charge in [0.15, 0.2) is 0 Å². The van der Waals surface area contributed by atoms with Crippen LogP contribution in [0.25, 0.3) is 0 Å². The highest BCUT2D eigenvalue weighted by Crippen LogP contribution is 2.05. The lowest BCUT2D eigenvalue weighted by molar-refractivity contribution is 0.607. The molecule has 0 saturated carbocycles. The molecule has 12 heavy (non-hydrogen) atoms. The molecule has 1 radical (unpaired) electrons. The zero-order valence-corrected chi connectivity index (χ0v) is 7.80. The van der Waals surface area contributed by atoms with Gasteiger partial charge in [0.25, 0.3) is 0 Å². The lowest BCUT2D eigenvalue weighted by Crippen LogP contribution is -2.04. The molecule has 1 heteroatoms. The van der Waals surface area contributed by atoms with Gasteiger partial charge in [0.2, 0.25) is 0 Å². The topological polar surface area (TPSA) is 12.0 Å². The molecule has 0 amide bonds. The maximum absolute atomic E-state index is 3.32. The molecule has 0 heterocycles. The number of para-hydroxylation sites is 1. The van der Waals surface area contributed by atoms with Crippen molar-refractivity contribution in [1.82, 2.24) is 0 Å². The molecule has 0 aliphatic rings. The second-order valence-electron chi connectivity index (χ2n) is 3.39. The van der Waals surface area contributed by atoms with Crippen molar-refractivity contribution in [2.24, 2.45) is 5.92 Å². The molecule has 1 aromatic carbocycles. The van der Waals surface area contributed by atoms with Gasteiger partial charge in [-0.15, -0.1) is 0 Å². The third-order valence-corrected chi connectivity index (χ3v) is 1.75. The average molecular weight is 162 g/mol. The Balaban J connectivity index is 2.25. The van der Waals surface area contributed by atoms with Crippen LogP contribution in [0.5, 0.6) is 0 Å². The van der Waals surface area contributed by atoms with Gasteiger partial charge in [0.05, 0.1) is 0 Å². The van der Waals surface area contributed by atoms with E-state index in [1.165, 1.54) is 6.42 Å². The Morgan fingerprint density at radius 2 is 2.25 bits per heavy atom. The number of benzene rings is 1. The normalized spacial score (nSPS) is 10.2. The molecule has 0 unspecified atom stereocenters. The molecular weight excluding hydrogens is 146 g/mol. The van der Waals surface area contributed by atoms with Crippen LogP contribution in [-0.2, 0) is 0 Å².